The van der Waals surface area contributed by atoms with Gasteiger partial charge >= 0.3 is 5.97 Å². The molecule has 0 heterocycles. The number of nitrogens with one attached hydrogen (secondary N) is 1. The van der Waals surface area contributed by atoms with Gasteiger partial charge in [-0.2, -0.15) is 0 Å². The topological polar surface area (TPSA) is 128 Å². The van der Waals surface area contributed by atoms with Crippen molar-refractivity contribution < 1.29 is 29.1 Å². The van der Waals surface area contributed by atoms with Gasteiger partial charge in [-0.3, -0.25) is 14.9 Å². The van der Waals surface area contributed by atoms with E-state index in [-0.39, 0.29) is 30.0 Å². The van der Waals surface area contributed by atoms with Crippen LogP contribution in [0.5, 0.6) is 11.5 Å². The van der Waals surface area contributed by atoms with E-state index in [4.69, 9.17) is 14.6 Å². The molecule has 0 aromatic heterocycles. The molecule has 0 spiro atoms. The number of non-ortho nitro benzene ring substituents is 1. The van der Waals surface area contributed by atoms with Crippen LogP contribution in [0.4, 0.5) is 5.69 Å². The molecule has 2 rings (SSSR count). The first-order chi connectivity index (χ1) is 12.4. The molecule has 2 aromatic carbocycles. The largest absolute Gasteiger partial charge is 0.497 e. The first-order valence-corrected chi connectivity index (χ1v) is 7.49. The predicted molar refractivity (Wildman–Crippen MR) is 90.9 cm³/mol. The van der Waals surface area contributed by atoms with Crippen LogP contribution in [-0.2, 0) is 0 Å². The van der Waals surface area contributed by atoms with Crippen LogP contribution in [0, 0.1) is 10.1 Å². The lowest BCUT2D eigenvalue weighted by Gasteiger charge is -2.09. The van der Waals surface area contributed by atoms with Crippen molar-refractivity contribution in [3.63, 3.8) is 0 Å². The third-order valence-corrected chi connectivity index (χ3v) is 3.40. The Morgan fingerprint density at radius 3 is 2.35 bits per heavy atom. The number of carbonyl (C=O) groups is 2. The molecule has 0 saturated heterocycles. The van der Waals surface area contributed by atoms with Crippen LogP contribution in [0.2, 0.25) is 0 Å². The van der Waals surface area contributed by atoms with Gasteiger partial charge in [-0.25, -0.2) is 4.79 Å². The lowest BCUT2D eigenvalue weighted by molar-refractivity contribution is -0.384. The zero-order chi connectivity index (χ0) is 19.1. The lowest BCUT2D eigenvalue weighted by atomic mass is 10.1. The molecule has 9 heteroatoms. The van der Waals surface area contributed by atoms with Crippen molar-refractivity contribution in [2.75, 3.05) is 20.3 Å². The molecule has 0 saturated carbocycles. The van der Waals surface area contributed by atoms with Gasteiger partial charge in [-0.15, -0.1) is 0 Å². The molecular formula is C17H16N2O7. The van der Waals surface area contributed by atoms with Crippen molar-refractivity contribution in [3.05, 3.63) is 63.7 Å². The summed E-state index contributed by atoms with van der Waals surface area (Å²) in [5.74, 6) is -0.830. The fourth-order valence-corrected chi connectivity index (χ4v) is 2.12. The van der Waals surface area contributed by atoms with Gasteiger partial charge in [-0.1, -0.05) is 0 Å². The Bertz CT molecular complexity index is 818. The lowest BCUT2D eigenvalue weighted by Crippen LogP contribution is -2.29. The molecule has 2 aromatic rings. The Labute approximate surface area is 148 Å². The minimum Gasteiger partial charge on any atom is -0.497 e. The maximum Gasteiger partial charge on any atom is 0.336 e. The Balaban J connectivity index is 1.97. The fraction of sp³-hybridized carbons (Fsp3) is 0.176. The number of hydrogen-bond donors (Lipinski definition) is 2. The van der Waals surface area contributed by atoms with Crippen LogP contribution in [0.3, 0.4) is 0 Å². The SMILES string of the molecule is COc1ccc(OCCNC(=O)c2cc([N+](=O)[O-])ccc2C(=O)O)cc1. The molecule has 0 fully saturated rings. The maximum atomic E-state index is 12.2. The van der Waals surface area contributed by atoms with Gasteiger partial charge in [0, 0.05) is 12.1 Å². The number of nitro benzene ring substituents is 1. The number of carbonyl (C=O) groups excluding carboxylic acids is 1. The molecule has 136 valence electrons. The van der Waals surface area contributed by atoms with Gasteiger partial charge in [0.15, 0.2) is 0 Å². The molecule has 1 amide bonds. The van der Waals surface area contributed by atoms with E-state index >= 15 is 0 Å². The average molecular weight is 360 g/mol. The number of carboxylic acids is 1. The summed E-state index contributed by atoms with van der Waals surface area (Å²) in [5.41, 5.74) is -0.963. The Hall–Kier alpha value is -3.62. The summed E-state index contributed by atoms with van der Waals surface area (Å²) in [4.78, 5) is 33.5. The van der Waals surface area contributed by atoms with Crippen LogP contribution in [0.1, 0.15) is 20.7 Å². The average Bonchev–Trinajstić information content (AvgIpc) is 2.64. The Kier molecular flexibility index (Phi) is 6.10. The summed E-state index contributed by atoms with van der Waals surface area (Å²) in [6, 6.07) is 9.83. The zero-order valence-electron chi connectivity index (χ0n) is 13.8. The Morgan fingerprint density at radius 1 is 1.12 bits per heavy atom. The van der Waals surface area contributed by atoms with Crippen molar-refractivity contribution in [2.45, 2.75) is 0 Å². The van der Waals surface area contributed by atoms with E-state index in [1.54, 1.807) is 31.4 Å². The summed E-state index contributed by atoms with van der Waals surface area (Å²) in [7, 11) is 1.55. The van der Waals surface area contributed by atoms with Crippen LogP contribution in [0.15, 0.2) is 42.5 Å². The quantitative estimate of drug-likeness (QED) is 0.419. The number of rotatable bonds is 8. The first-order valence-electron chi connectivity index (χ1n) is 7.49. The molecule has 2 N–H and O–H groups in total. The third-order valence-electron chi connectivity index (χ3n) is 3.40. The van der Waals surface area contributed by atoms with E-state index in [0.29, 0.717) is 11.5 Å². The van der Waals surface area contributed by atoms with E-state index < -0.39 is 16.8 Å². The van der Waals surface area contributed by atoms with E-state index in [2.05, 4.69) is 5.32 Å². The molecule has 0 radical (unpaired) electrons. The van der Waals surface area contributed by atoms with Crippen molar-refractivity contribution in [1.82, 2.24) is 5.32 Å². The number of aromatic carboxylic acids is 1. The molecule has 9 nitrogen and oxygen atoms in total. The van der Waals surface area contributed by atoms with E-state index in [9.17, 15) is 19.7 Å². The van der Waals surface area contributed by atoms with Crippen molar-refractivity contribution >= 4 is 17.6 Å². The van der Waals surface area contributed by atoms with Gasteiger partial charge < -0.3 is 19.9 Å². The molecule has 0 unspecified atom stereocenters. The summed E-state index contributed by atoms with van der Waals surface area (Å²) in [5, 5.41) is 22.4. The number of methoxy groups -OCH3 is 1. The second-order valence-electron chi connectivity index (χ2n) is 5.07. The maximum absolute atomic E-state index is 12.2. The second kappa shape index (κ2) is 8.47. The number of hydrogen-bond acceptors (Lipinski definition) is 6. The fourth-order valence-electron chi connectivity index (χ4n) is 2.12. The summed E-state index contributed by atoms with van der Waals surface area (Å²) in [6.45, 7) is 0.224. The number of amides is 1. The van der Waals surface area contributed by atoms with Crippen molar-refractivity contribution in [1.29, 1.82) is 0 Å². The van der Waals surface area contributed by atoms with Crippen LogP contribution >= 0.6 is 0 Å². The normalized spacial score (nSPS) is 10.0. The number of benzene rings is 2. The van der Waals surface area contributed by atoms with Gasteiger partial charge in [0.1, 0.15) is 18.1 Å². The Morgan fingerprint density at radius 2 is 1.77 bits per heavy atom. The minimum atomic E-state index is -1.35. The van der Waals surface area contributed by atoms with Crippen molar-refractivity contribution in [2.24, 2.45) is 0 Å². The monoisotopic (exact) mass is 360 g/mol. The number of ether oxygens (including phenoxy) is 2. The highest BCUT2D eigenvalue weighted by molar-refractivity contribution is 6.05. The molecule has 0 aliphatic carbocycles. The minimum absolute atomic E-state index is 0.0899. The number of carboxylic acid groups (broad SMARTS) is 1. The van der Waals surface area contributed by atoms with Gasteiger partial charge in [-0.05, 0) is 30.3 Å². The van der Waals surface area contributed by atoms with Crippen LogP contribution in [-0.4, -0.2) is 42.2 Å². The second-order valence-corrected chi connectivity index (χ2v) is 5.07. The number of nitro groups is 1. The van der Waals surface area contributed by atoms with Gasteiger partial charge in [0.2, 0.25) is 0 Å². The van der Waals surface area contributed by atoms with Crippen molar-refractivity contribution in [3.8, 4) is 11.5 Å². The molecular weight excluding hydrogens is 344 g/mol. The molecule has 0 aliphatic rings. The van der Waals surface area contributed by atoms with E-state index in [0.717, 1.165) is 18.2 Å². The van der Waals surface area contributed by atoms with E-state index in [1.807, 2.05) is 0 Å². The van der Waals surface area contributed by atoms with Gasteiger partial charge in [0.25, 0.3) is 11.6 Å². The van der Waals surface area contributed by atoms with E-state index in [1.165, 1.54) is 0 Å². The van der Waals surface area contributed by atoms with Crippen LogP contribution in [0.25, 0.3) is 0 Å². The first kappa shape index (κ1) is 18.7. The smallest absolute Gasteiger partial charge is 0.336 e. The molecule has 26 heavy (non-hydrogen) atoms. The molecule has 0 bridgehead atoms. The summed E-state index contributed by atoms with van der Waals surface area (Å²) in [6.07, 6.45) is 0. The number of nitrogens with zero attached hydrogens (tertiary/aromatic N) is 1. The molecule has 0 aliphatic heterocycles. The summed E-state index contributed by atoms with van der Waals surface area (Å²) < 4.78 is 10.5. The summed E-state index contributed by atoms with van der Waals surface area (Å²) >= 11 is 0. The standard InChI is InChI=1S/C17H16N2O7/c1-25-12-3-5-13(6-4-12)26-9-8-18-16(20)15-10-11(19(23)24)2-7-14(15)17(21)22/h2-7,10H,8-9H2,1H3,(H,18,20)(H,21,22). The predicted octanol–water partition coefficient (Wildman–Crippen LogP) is 2.11. The zero-order valence-corrected chi connectivity index (χ0v) is 13.8. The highest BCUT2D eigenvalue weighted by Crippen LogP contribution is 2.19. The highest BCUT2D eigenvalue weighted by atomic mass is 16.6. The van der Waals surface area contributed by atoms with Gasteiger partial charge in [0.05, 0.1) is 29.7 Å². The third kappa shape index (κ3) is 4.69. The highest BCUT2D eigenvalue weighted by Gasteiger charge is 2.20. The van der Waals surface area contributed by atoms with Crippen LogP contribution < -0.4 is 14.8 Å². The molecule has 0 atom stereocenters.